The van der Waals surface area contributed by atoms with Crippen molar-refractivity contribution in [3.63, 3.8) is 0 Å². The summed E-state index contributed by atoms with van der Waals surface area (Å²) in [7, 11) is 0. The highest BCUT2D eigenvalue weighted by Crippen LogP contribution is 2.15. The molecular formula is C13H23NO. The van der Waals surface area contributed by atoms with Crippen molar-refractivity contribution in [2.24, 2.45) is 5.92 Å². The Balaban J connectivity index is 1.98. The lowest BCUT2D eigenvalue weighted by Gasteiger charge is -2.29. The molecule has 1 aliphatic heterocycles. The van der Waals surface area contributed by atoms with E-state index in [1.165, 1.54) is 25.8 Å². The van der Waals surface area contributed by atoms with E-state index < -0.39 is 0 Å². The van der Waals surface area contributed by atoms with Crippen molar-refractivity contribution in [3.05, 3.63) is 12.7 Å². The van der Waals surface area contributed by atoms with Crippen LogP contribution in [0.15, 0.2) is 12.7 Å². The van der Waals surface area contributed by atoms with Crippen molar-refractivity contribution in [1.82, 2.24) is 4.90 Å². The number of hydrogen-bond donors (Lipinski definition) is 0. The predicted molar refractivity (Wildman–Crippen MR) is 63.9 cm³/mol. The van der Waals surface area contributed by atoms with Crippen LogP contribution in [0.1, 0.15) is 38.5 Å². The average molecular weight is 209 g/mol. The van der Waals surface area contributed by atoms with Gasteiger partial charge in [0.1, 0.15) is 6.29 Å². The Hall–Kier alpha value is -0.630. The maximum Gasteiger partial charge on any atom is 0.123 e. The second kappa shape index (κ2) is 7.63. The first kappa shape index (κ1) is 12.4. The van der Waals surface area contributed by atoms with Gasteiger partial charge in [-0.2, -0.15) is 0 Å². The molecule has 0 atom stereocenters. The highest BCUT2D eigenvalue weighted by Gasteiger charge is 2.17. The molecule has 0 aromatic heterocycles. The summed E-state index contributed by atoms with van der Waals surface area (Å²) in [5.41, 5.74) is 0. The van der Waals surface area contributed by atoms with E-state index >= 15 is 0 Å². The van der Waals surface area contributed by atoms with Gasteiger partial charge in [-0.25, -0.2) is 0 Å². The normalized spacial score (nSPS) is 18.9. The van der Waals surface area contributed by atoms with Crippen LogP contribution < -0.4 is 0 Å². The molecule has 0 aromatic rings. The first-order chi connectivity index (χ1) is 7.36. The summed E-state index contributed by atoms with van der Waals surface area (Å²) in [6.07, 6.45) is 10.3. The molecular weight excluding hydrogens is 186 g/mol. The van der Waals surface area contributed by atoms with Gasteiger partial charge >= 0.3 is 0 Å². The number of piperidine rings is 1. The van der Waals surface area contributed by atoms with E-state index in [1.54, 1.807) is 0 Å². The van der Waals surface area contributed by atoms with Crippen LogP contribution in [0.5, 0.6) is 0 Å². The third kappa shape index (κ3) is 5.12. The fourth-order valence-corrected chi connectivity index (χ4v) is 2.11. The molecule has 0 N–H and O–H groups in total. The number of allylic oxidation sites excluding steroid dienone is 1. The van der Waals surface area contributed by atoms with Gasteiger partial charge in [0.05, 0.1) is 0 Å². The molecule has 0 saturated carbocycles. The minimum atomic E-state index is 0.335. The quantitative estimate of drug-likeness (QED) is 0.365. The zero-order valence-electron chi connectivity index (χ0n) is 9.66. The second-order valence-electron chi connectivity index (χ2n) is 4.45. The molecule has 0 aliphatic carbocycles. The van der Waals surface area contributed by atoms with Gasteiger partial charge < -0.3 is 9.69 Å². The minimum absolute atomic E-state index is 0.335. The topological polar surface area (TPSA) is 20.3 Å². The Kier molecular flexibility index (Phi) is 6.33. The molecule has 0 radical (unpaired) electrons. The Bertz CT molecular complexity index is 183. The Morgan fingerprint density at radius 3 is 2.53 bits per heavy atom. The molecule has 1 fully saturated rings. The first-order valence-electron chi connectivity index (χ1n) is 6.15. The molecule has 1 saturated heterocycles. The van der Waals surface area contributed by atoms with Crippen LogP contribution in [0.25, 0.3) is 0 Å². The van der Waals surface area contributed by atoms with Crippen LogP contribution in [0.4, 0.5) is 0 Å². The standard InChI is InChI=1S/C13H23NO/c1-2-3-4-5-6-9-14-10-7-13(12-15)8-11-14/h2,12-13H,1,3-11H2. The smallest absolute Gasteiger partial charge is 0.123 e. The third-order valence-electron chi connectivity index (χ3n) is 3.21. The largest absolute Gasteiger partial charge is 0.303 e. The summed E-state index contributed by atoms with van der Waals surface area (Å²) < 4.78 is 0. The monoisotopic (exact) mass is 209 g/mol. The summed E-state index contributed by atoms with van der Waals surface area (Å²) in [6.45, 7) is 7.17. The van der Waals surface area contributed by atoms with Crippen LogP contribution in [0, 0.1) is 5.92 Å². The van der Waals surface area contributed by atoms with Crippen LogP contribution in [0.2, 0.25) is 0 Å². The molecule has 1 rings (SSSR count). The lowest BCUT2D eigenvalue weighted by Crippen LogP contribution is -2.34. The Morgan fingerprint density at radius 1 is 1.20 bits per heavy atom. The van der Waals surface area contributed by atoms with Crippen LogP contribution >= 0.6 is 0 Å². The number of likely N-dealkylation sites (tertiary alicyclic amines) is 1. The molecule has 1 heterocycles. The zero-order valence-corrected chi connectivity index (χ0v) is 9.66. The number of carbonyl (C=O) groups excluding carboxylic acids is 1. The van der Waals surface area contributed by atoms with Crippen molar-refractivity contribution < 1.29 is 4.79 Å². The van der Waals surface area contributed by atoms with E-state index in [4.69, 9.17) is 0 Å². The molecule has 0 spiro atoms. The van der Waals surface area contributed by atoms with Gasteiger partial charge in [0, 0.05) is 5.92 Å². The number of nitrogens with zero attached hydrogens (tertiary/aromatic N) is 1. The van der Waals surface area contributed by atoms with Gasteiger partial charge in [0.2, 0.25) is 0 Å². The third-order valence-corrected chi connectivity index (χ3v) is 3.21. The summed E-state index contributed by atoms with van der Waals surface area (Å²) in [6, 6.07) is 0. The second-order valence-corrected chi connectivity index (χ2v) is 4.45. The first-order valence-corrected chi connectivity index (χ1v) is 6.15. The van der Waals surface area contributed by atoms with Gasteiger partial charge in [0.25, 0.3) is 0 Å². The molecule has 15 heavy (non-hydrogen) atoms. The molecule has 1 aliphatic rings. The van der Waals surface area contributed by atoms with E-state index in [0.29, 0.717) is 5.92 Å². The maximum absolute atomic E-state index is 10.6. The molecule has 0 aromatic carbocycles. The van der Waals surface area contributed by atoms with E-state index in [-0.39, 0.29) is 0 Å². The van der Waals surface area contributed by atoms with Gasteiger partial charge in [0.15, 0.2) is 0 Å². The van der Waals surface area contributed by atoms with Gasteiger partial charge in [-0.05, 0) is 51.7 Å². The average Bonchev–Trinajstić information content (AvgIpc) is 2.30. The van der Waals surface area contributed by atoms with Crippen molar-refractivity contribution in [2.45, 2.75) is 38.5 Å². The number of hydrogen-bond acceptors (Lipinski definition) is 2. The summed E-state index contributed by atoms with van der Waals surface area (Å²) in [5.74, 6) is 0.335. The Morgan fingerprint density at radius 2 is 1.93 bits per heavy atom. The number of aldehydes is 1. The van der Waals surface area contributed by atoms with E-state index in [9.17, 15) is 4.79 Å². The highest BCUT2D eigenvalue weighted by atomic mass is 16.1. The summed E-state index contributed by atoms with van der Waals surface area (Å²) >= 11 is 0. The number of rotatable bonds is 7. The van der Waals surface area contributed by atoms with Crippen molar-refractivity contribution in [3.8, 4) is 0 Å². The highest BCUT2D eigenvalue weighted by molar-refractivity contribution is 5.53. The molecule has 0 unspecified atom stereocenters. The number of carbonyl (C=O) groups is 1. The fourth-order valence-electron chi connectivity index (χ4n) is 2.11. The maximum atomic E-state index is 10.6. The van der Waals surface area contributed by atoms with E-state index in [2.05, 4.69) is 11.5 Å². The lowest BCUT2D eigenvalue weighted by molar-refractivity contribution is -0.112. The van der Waals surface area contributed by atoms with Crippen molar-refractivity contribution in [2.75, 3.05) is 19.6 Å². The van der Waals surface area contributed by atoms with Crippen molar-refractivity contribution in [1.29, 1.82) is 0 Å². The van der Waals surface area contributed by atoms with Crippen LogP contribution in [-0.2, 0) is 4.79 Å². The van der Waals surface area contributed by atoms with Gasteiger partial charge in [-0.3, -0.25) is 0 Å². The predicted octanol–water partition coefficient (Wildman–Crippen LogP) is 2.64. The molecule has 2 nitrogen and oxygen atoms in total. The van der Waals surface area contributed by atoms with E-state index in [0.717, 1.165) is 38.6 Å². The van der Waals surface area contributed by atoms with Gasteiger partial charge in [-0.15, -0.1) is 6.58 Å². The van der Waals surface area contributed by atoms with Gasteiger partial charge in [-0.1, -0.05) is 12.5 Å². The van der Waals surface area contributed by atoms with Crippen LogP contribution in [-0.4, -0.2) is 30.8 Å². The fraction of sp³-hybridized carbons (Fsp3) is 0.769. The molecule has 0 bridgehead atoms. The zero-order chi connectivity index (χ0) is 10.9. The summed E-state index contributed by atoms with van der Waals surface area (Å²) in [5, 5.41) is 0. The molecule has 0 amide bonds. The van der Waals surface area contributed by atoms with E-state index in [1.807, 2.05) is 6.08 Å². The minimum Gasteiger partial charge on any atom is -0.303 e. The van der Waals surface area contributed by atoms with Crippen molar-refractivity contribution >= 4 is 6.29 Å². The molecule has 2 heteroatoms. The SMILES string of the molecule is C=CCCCCCN1CCC(C=O)CC1. The Labute approximate surface area is 93.3 Å². The van der Waals surface area contributed by atoms with Crippen LogP contribution in [0.3, 0.4) is 0 Å². The summed E-state index contributed by atoms with van der Waals surface area (Å²) in [4.78, 5) is 13.1. The number of unbranched alkanes of at least 4 members (excludes halogenated alkanes) is 3. The molecule has 86 valence electrons. The lowest BCUT2D eigenvalue weighted by atomic mass is 9.98.